The molecule has 2 aromatic rings. The summed E-state index contributed by atoms with van der Waals surface area (Å²) in [5.74, 6) is -0.296. The van der Waals surface area contributed by atoms with E-state index in [1.807, 2.05) is 0 Å². The molecule has 1 fully saturated rings. The molecule has 0 saturated carbocycles. The first-order chi connectivity index (χ1) is 11.9. The quantitative estimate of drug-likeness (QED) is 0.297. The Bertz CT molecular complexity index is 929. The molecule has 0 aliphatic carbocycles. The second-order valence-corrected chi connectivity index (χ2v) is 7.45. The highest BCUT2D eigenvalue weighted by atomic mass is 35.5. The summed E-state index contributed by atoms with van der Waals surface area (Å²) < 4.78 is 0.352. The standard InChI is InChI=1S/C16H8Cl2N2O3S2/c17-12-6-1-9(7-13(12)18)8-14-15(21)19(16(24)25-14)10-2-4-11(5-3-10)20(22)23/h1-8H/b14-8-. The van der Waals surface area contributed by atoms with Crippen LogP contribution in [0.5, 0.6) is 0 Å². The van der Waals surface area contributed by atoms with Crippen LogP contribution in [0.2, 0.25) is 10.0 Å². The molecule has 1 heterocycles. The minimum absolute atomic E-state index is 0.0551. The zero-order valence-corrected chi connectivity index (χ0v) is 15.5. The average molecular weight is 411 g/mol. The first-order valence-corrected chi connectivity index (χ1v) is 8.82. The van der Waals surface area contributed by atoms with E-state index in [0.717, 1.165) is 17.3 Å². The SMILES string of the molecule is O=C1/C(=C/c2ccc(Cl)c(Cl)c2)SC(=S)N1c1ccc([N+](=O)[O-])cc1. The molecular weight excluding hydrogens is 403 g/mol. The number of nitro groups is 1. The van der Waals surface area contributed by atoms with Gasteiger partial charge in [-0.3, -0.25) is 19.8 Å². The van der Waals surface area contributed by atoms with Crippen LogP contribution in [0.4, 0.5) is 11.4 Å². The van der Waals surface area contributed by atoms with E-state index in [1.165, 1.54) is 29.2 Å². The third kappa shape index (κ3) is 3.69. The fourth-order valence-electron chi connectivity index (χ4n) is 2.17. The maximum absolute atomic E-state index is 12.6. The van der Waals surface area contributed by atoms with Crippen LogP contribution in [0.15, 0.2) is 47.4 Å². The van der Waals surface area contributed by atoms with E-state index in [2.05, 4.69) is 0 Å². The van der Waals surface area contributed by atoms with E-state index < -0.39 is 4.92 Å². The lowest BCUT2D eigenvalue weighted by molar-refractivity contribution is -0.384. The maximum Gasteiger partial charge on any atom is 0.270 e. The molecule has 1 aliphatic rings. The summed E-state index contributed by atoms with van der Waals surface area (Å²) in [5.41, 5.74) is 1.14. The number of hydrogen-bond donors (Lipinski definition) is 0. The molecule has 0 unspecified atom stereocenters. The molecular formula is C16H8Cl2N2O3S2. The van der Waals surface area contributed by atoms with Crippen molar-refractivity contribution in [1.29, 1.82) is 0 Å². The summed E-state index contributed by atoms with van der Waals surface area (Å²) in [7, 11) is 0. The number of amides is 1. The smallest absolute Gasteiger partial charge is 0.268 e. The van der Waals surface area contributed by atoms with Crippen LogP contribution >= 0.6 is 47.2 Å². The molecule has 1 saturated heterocycles. The predicted molar refractivity (Wildman–Crippen MR) is 105 cm³/mol. The number of anilines is 1. The fourth-order valence-corrected chi connectivity index (χ4v) is 3.77. The highest BCUT2D eigenvalue weighted by Gasteiger charge is 2.33. The maximum atomic E-state index is 12.6. The molecule has 1 amide bonds. The Morgan fingerprint density at radius 1 is 1.12 bits per heavy atom. The van der Waals surface area contributed by atoms with Crippen molar-refractivity contribution in [2.45, 2.75) is 0 Å². The van der Waals surface area contributed by atoms with Gasteiger partial charge in [-0.1, -0.05) is 53.2 Å². The van der Waals surface area contributed by atoms with Crippen LogP contribution in [-0.4, -0.2) is 15.2 Å². The number of carbonyl (C=O) groups excluding carboxylic acids is 1. The van der Waals surface area contributed by atoms with E-state index in [-0.39, 0.29) is 11.6 Å². The van der Waals surface area contributed by atoms with Gasteiger partial charge in [-0.15, -0.1) is 0 Å². The lowest BCUT2D eigenvalue weighted by Crippen LogP contribution is -2.27. The lowest BCUT2D eigenvalue weighted by Gasteiger charge is -2.13. The van der Waals surface area contributed by atoms with Crippen molar-refractivity contribution in [3.8, 4) is 0 Å². The topological polar surface area (TPSA) is 63.5 Å². The highest BCUT2D eigenvalue weighted by Crippen LogP contribution is 2.37. The minimum Gasteiger partial charge on any atom is -0.268 e. The Morgan fingerprint density at radius 3 is 2.40 bits per heavy atom. The van der Waals surface area contributed by atoms with Crippen molar-refractivity contribution in [2.24, 2.45) is 0 Å². The lowest BCUT2D eigenvalue weighted by atomic mass is 10.2. The van der Waals surface area contributed by atoms with Gasteiger partial charge in [0.1, 0.15) is 0 Å². The number of thiocarbonyl (C=S) groups is 1. The van der Waals surface area contributed by atoms with Crippen LogP contribution in [0.25, 0.3) is 6.08 Å². The van der Waals surface area contributed by atoms with Crippen molar-refractivity contribution in [1.82, 2.24) is 0 Å². The summed E-state index contributed by atoms with van der Waals surface area (Å²) >= 11 is 18.3. The molecule has 0 bridgehead atoms. The number of thioether (sulfide) groups is 1. The average Bonchev–Trinajstić information content (AvgIpc) is 2.85. The molecule has 1 aliphatic heterocycles. The van der Waals surface area contributed by atoms with Crippen molar-refractivity contribution < 1.29 is 9.72 Å². The number of nitrogens with zero attached hydrogens (tertiary/aromatic N) is 2. The van der Waals surface area contributed by atoms with E-state index in [4.69, 9.17) is 35.4 Å². The Labute approximate surface area is 162 Å². The van der Waals surface area contributed by atoms with Crippen molar-refractivity contribution in [2.75, 3.05) is 4.90 Å². The van der Waals surface area contributed by atoms with E-state index in [1.54, 1.807) is 24.3 Å². The molecule has 0 spiro atoms. The van der Waals surface area contributed by atoms with Crippen LogP contribution < -0.4 is 4.90 Å². The Morgan fingerprint density at radius 2 is 1.80 bits per heavy atom. The molecule has 5 nitrogen and oxygen atoms in total. The van der Waals surface area contributed by atoms with Gasteiger partial charge in [0.2, 0.25) is 0 Å². The number of non-ortho nitro benzene ring substituents is 1. The summed E-state index contributed by atoms with van der Waals surface area (Å²) in [5, 5.41) is 11.6. The van der Waals surface area contributed by atoms with Gasteiger partial charge in [0.15, 0.2) is 4.32 Å². The van der Waals surface area contributed by atoms with Gasteiger partial charge < -0.3 is 0 Å². The second kappa shape index (κ2) is 7.13. The Kier molecular flexibility index (Phi) is 5.10. The molecule has 2 aromatic carbocycles. The zero-order chi connectivity index (χ0) is 18.1. The molecule has 3 rings (SSSR count). The normalized spacial score (nSPS) is 15.9. The molecule has 126 valence electrons. The number of hydrogen-bond acceptors (Lipinski definition) is 5. The Hall–Kier alpha value is -1.93. The summed E-state index contributed by atoms with van der Waals surface area (Å²) in [4.78, 5) is 24.7. The highest BCUT2D eigenvalue weighted by molar-refractivity contribution is 8.27. The molecule has 9 heteroatoms. The number of rotatable bonds is 3. The number of benzene rings is 2. The van der Waals surface area contributed by atoms with E-state index in [0.29, 0.717) is 25.0 Å². The third-order valence-corrected chi connectivity index (χ3v) is 5.40. The molecule has 0 radical (unpaired) electrons. The van der Waals surface area contributed by atoms with E-state index in [9.17, 15) is 14.9 Å². The number of nitro benzene ring substituents is 1. The summed E-state index contributed by atoms with van der Waals surface area (Å²) in [6.45, 7) is 0. The predicted octanol–water partition coefficient (Wildman–Crippen LogP) is 5.31. The van der Waals surface area contributed by atoms with Gasteiger partial charge in [-0.2, -0.15) is 0 Å². The van der Waals surface area contributed by atoms with Crippen LogP contribution in [0.3, 0.4) is 0 Å². The van der Waals surface area contributed by atoms with Gasteiger partial charge in [-0.05, 0) is 35.9 Å². The van der Waals surface area contributed by atoms with Crippen molar-refractivity contribution in [3.63, 3.8) is 0 Å². The van der Waals surface area contributed by atoms with Crippen LogP contribution in [0, 0.1) is 10.1 Å². The minimum atomic E-state index is -0.502. The largest absolute Gasteiger partial charge is 0.270 e. The molecule has 0 N–H and O–H groups in total. The number of carbonyl (C=O) groups is 1. The number of halogens is 2. The first-order valence-electron chi connectivity index (χ1n) is 6.84. The van der Waals surface area contributed by atoms with Gasteiger partial charge in [0, 0.05) is 12.1 Å². The van der Waals surface area contributed by atoms with Crippen molar-refractivity contribution in [3.05, 3.63) is 73.1 Å². The molecule has 25 heavy (non-hydrogen) atoms. The Balaban J connectivity index is 1.90. The summed E-state index contributed by atoms with van der Waals surface area (Å²) in [6, 6.07) is 10.7. The third-order valence-electron chi connectivity index (χ3n) is 3.35. The monoisotopic (exact) mass is 410 g/mol. The second-order valence-electron chi connectivity index (χ2n) is 4.96. The van der Waals surface area contributed by atoms with Gasteiger partial charge in [-0.25, -0.2) is 0 Å². The zero-order valence-electron chi connectivity index (χ0n) is 12.3. The van der Waals surface area contributed by atoms with Crippen LogP contribution in [0.1, 0.15) is 5.56 Å². The summed E-state index contributed by atoms with van der Waals surface area (Å²) in [6.07, 6.45) is 1.67. The van der Waals surface area contributed by atoms with Crippen LogP contribution in [-0.2, 0) is 4.79 Å². The first kappa shape index (κ1) is 17.9. The van der Waals surface area contributed by atoms with Gasteiger partial charge in [0.25, 0.3) is 11.6 Å². The molecule has 0 aromatic heterocycles. The van der Waals surface area contributed by atoms with Gasteiger partial charge >= 0.3 is 0 Å². The van der Waals surface area contributed by atoms with E-state index >= 15 is 0 Å². The van der Waals surface area contributed by atoms with Crippen molar-refractivity contribution >= 4 is 74.9 Å². The van der Waals surface area contributed by atoms with Gasteiger partial charge in [0.05, 0.1) is 25.6 Å². The molecule has 0 atom stereocenters. The fraction of sp³-hybridized carbons (Fsp3) is 0.